The van der Waals surface area contributed by atoms with Gasteiger partial charge in [-0.2, -0.15) is 0 Å². The van der Waals surface area contributed by atoms with E-state index in [1.807, 2.05) is 38.1 Å². The van der Waals surface area contributed by atoms with E-state index in [1.54, 1.807) is 0 Å². The Labute approximate surface area is 201 Å². The molecule has 0 radical (unpaired) electrons. The monoisotopic (exact) mass is 465 g/mol. The summed E-state index contributed by atoms with van der Waals surface area (Å²) >= 11 is 0. The van der Waals surface area contributed by atoms with Gasteiger partial charge < -0.3 is 25.6 Å². The number of amides is 2. The summed E-state index contributed by atoms with van der Waals surface area (Å²) in [5, 5.41) is 9.05. The number of hydrogen-bond acceptors (Lipinski definition) is 6. The molecule has 2 aromatic rings. The number of benzene rings is 1. The van der Waals surface area contributed by atoms with Gasteiger partial charge in [0.2, 0.25) is 11.8 Å². The number of aromatic nitrogens is 1. The van der Waals surface area contributed by atoms with Crippen LogP contribution in [0.3, 0.4) is 0 Å². The van der Waals surface area contributed by atoms with E-state index in [4.69, 9.17) is 9.72 Å². The van der Waals surface area contributed by atoms with Crippen LogP contribution >= 0.6 is 0 Å². The first-order valence-electron chi connectivity index (χ1n) is 12.2. The first kappa shape index (κ1) is 24.0. The van der Waals surface area contributed by atoms with E-state index >= 15 is 0 Å². The first-order chi connectivity index (χ1) is 16.5. The molecule has 34 heavy (non-hydrogen) atoms. The normalized spacial score (nSPS) is 18.6. The summed E-state index contributed by atoms with van der Waals surface area (Å²) in [4.78, 5) is 30.7. The van der Waals surface area contributed by atoms with Crippen LogP contribution in [0.4, 0.5) is 17.2 Å². The fraction of sp³-hybridized carbons (Fsp3) is 0.500. The molecule has 2 aliphatic heterocycles. The van der Waals surface area contributed by atoms with Crippen molar-refractivity contribution in [2.45, 2.75) is 39.7 Å². The first-order valence-corrected chi connectivity index (χ1v) is 12.2. The highest BCUT2D eigenvalue weighted by atomic mass is 16.5. The van der Waals surface area contributed by atoms with Crippen LogP contribution in [0.15, 0.2) is 36.4 Å². The Kier molecular flexibility index (Phi) is 8.00. The Morgan fingerprint density at radius 3 is 2.59 bits per heavy atom. The van der Waals surface area contributed by atoms with E-state index in [-0.39, 0.29) is 24.2 Å². The van der Waals surface area contributed by atoms with Gasteiger partial charge in [0.25, 0.3) is 0 Å². The van der Waals surface area contributed by atoms with Crippen molar-refractivity contribution < 1.29 is 14.3 Å². The van der Waals surface area contributed by atoms with E-state index in [0.29, 0.717) is 19.0 Å². The van der Waals surface area contributed by atoms with Crippen LogP contribution in [0.2, 0.25) is 0 Å². The predicted octanol–water partition coefficient (Wildman–Crippen LogP) is 3.14. The fourth-order valence-corrected chi connectivity index (χ4v) is 4.45. The van der Waals surface area contributed by atoms with Crippen LogP contribution in [0.25, 0.3) is 0 Å². The van der Waals surface area contributed by atoms with E-state index in [9.17, 15) is 9.59 Å². The van der Waals surface area contributed by atoms with Crippen LogP contribution in [0.5, 0.6) is 0 Å². The van der Waals surface area contributed by atoms with Gasteiger partial charge in [0.05, 0.1) is 17.3 Å². The lowest BCUT2D eigenvalue weighted by Crippen LogP contribution is -2.35. The molecular formula is C26H35N5O3. The quantitative estimate of drug-likeness (QED) is 0.527. The zero-order chi connectivity index (χ0) is 23.9. The third-order valence-electron chi connectivity index (χ3n) is 6.62. The summed E-state index contributed by atoms with van der Waals surface area (Å²) in [6, 6.07) is 12.2. The van der Waals surface area contributed by atoms with Crippen LogP contribution < -0.4 is 20.9 Å². The number of carbonyl (C=O) groups excluding carboxylic acids is 2. The molecule has 3 N–H and O–H groups in total. The zero-order valence-corrected chi connectivity index (χ0v) is 20.1. The molecule has 8 heteroatoms. The molecule has 182 valence electrons. The van der Waals surface area contributed by atoms with Crippen molar-refractivity contribution in [3.63, 3.8) is 0 Å². The molecule has 0 spiro atoms. The highest BCUT2D eigenvalue weighted by Gasteiger charge is 2.27. The maximum atomic E-state index is 12.2. The molecular weight excluding hydrogens is 430 g/mol. The third kappa shape index (κ3) is 6.26. The van der Waals surface area contributed by atoms with Gasteiger partial charge in [0, 0.05) is 51.5 Å². The maximum Gasteiger partial charge on any atom is 0.225 e. The number of aryl methyl sites for hydroxylation is 1. The number of rotatable bonds is 9. The number of carbonyl (C=O) groups is 2. The number of hydrogen-bond donors (Lipinski definition) is 3. The molecule has 2 amide bonds. The topological polar surface area (TPSA) is 95.6 Å². The number of nitrogens with zero attached hydrogens (tertiary/aromatic N) is 2. The molecule has 0 bridgehead atoms. The van der Waals surface area contributed by atoms with Gasteiger partial charge in [0.15, 0.2) is 0 Å². The standard InChI is InChI=1S/C26H35N5O3/c1-3-34-17-20-10-12-31(13-11-20)24-9-8-23(18(2)29-24)30-22-6-4-19(5-7-22)15-28-26(33)21-14-25(32)27-16-21/h4-9,20-21,30H,3,10-17H2,1-2H3,(H,27,32)(H,28,33). The molecule has 4 rings (SSSR count). The van der Waals surface area contributed by atoms with Crippen molar-refractivity contribution in [3.05, 3.63) is 47.7 Å². The second kappa shape index (κ2) is 11.3. The second-order valence-corrected chi connectivity index (χ2v) is 9.14. The van der Waals surface area contributed by atoms with E-state index in [2.05, 4.69) is 33.0 Å². The van der Waals surface area contributed by atoms with Crippen molar-refractivity contribution >= 4 is 29.0 Å². The van der Waals surface area contributed by atoms with Gasteiger partial charge in [-0.05, 0) is 62.4 Å². The number of pyridine rings is 1. The largest absolute Gasteiger partial charge is 0.381 e. The van der Waals surface area contributed by atoms with Crippen LogP contribution in [0, 0.1) is 18.8 Å². The molecule has 1 atom stereocenters. The summed E-state index contributed by atoms with van der Waals surface area (Å²) in [5.41, 5.74) is 3.92. The van der Waals surface area contributed by atoms with E-state index < -0.39 is 0 Å². The Morgan fingerprint density at radius 1 is 1.18 bits per heavy atom. The molecule has 0 aliphatic carbocycles. The third-order valence-corrected chi connectivity index (χ3v) is 6.62. The minimum Gasteiger partial charge on any atom is -0.381 e. The van der Waals surface area contributed by atoms with Gasteiger partial charge >= 0.3 is 0 Å². The smallest absolute Gasteiger partial charge is 0.225 e. The Balaban J connectivity index is 1.27. The highest BCUT2D eigenvalue weighted by Crippen LogP contribution is 2.26. The molecule has 2 saturated heterocycles. The number of anilines is 3. The molecule has 1 aromatic carbocycles. The summed E-state index contributed by atoms with van der Waals surface area (Å²) in [7, 11) is 0. The summed E-state index contributed by atoms with van der Waals surface area (Å²) in [5.74, 6) is 1.27. The van der Waals surface area contributed by atoms with Gasteiger partial charge in [-0.3, -0.25) is 9.59 Å². The highest BCUT2D eigenvalue weighted by molar-refractivity contribution is 5.89. The number of nitrogens with one attached hydrogen (secondary N) is 3. The number of piperidine rings is 1. The van der Waals surface area contributed by atoms with E-state index in [0.717, 1.165) is 67.6 Å². The van der Waals surface area contributed by atoms with E-state index in [1.165, 1.54) is 0 Å². The predicted molar refractivity (Wildman–Crippen MR) is 133 cm³/mol. The minimum atomic E-state index is -0.270. The van der Waals surface area contributed by atoms with Gasteiger partial charge in [-0.15, -0.1) is 0 Å². The fourth-order valence-electron chi connectivity index (χ4n) is 4.45. The average Bonchev–Trinajstić information content (AvgIpc) is 3.30. The lowest BCUT2D eigenvalue weighted by atomic mass is 9.98. The van der Waals surface area contributed by atoms with Gasteiger partial charge in [-0.25, -0.2) is 4.98 Å². The van der Waals surface area contributed by atoms with Crippen LogP contribution in [-0.2, 0) is 20.9 Å². The van der Waals surface area contributed by atoms with Crippen LogP contribution in [0.1, 0.15) is 37.4 Å². The van der Waals surface area contributed by atoms with Gasteiger partial charge in [0.1, 0.15) is 5.82 Å². The second-order valence-electron chi connectivity index (χ2n) is 9.14. The SMILES string of the molecule is CCOCC1CCN(c2ccc(Nc3ccc(CNC(=O)C4CNC(=O)C4)cc3)c(C)n2)CC1. The van der Waals surface area contributed by atoms with Crippen molar-refractivity contribution in [1.29, 1.82) is 0 Å². The Morgan fingerprint density at radius 2 is 1.94 bits per heavy atom. The molecule has 8 nitrogen and oxygen atoms in total. The van der Waals surface area contributed by atoms with Crippen LogP contribution in [-0.4, -0.2) is 49.6 Å². The lowest BCUT2D eigenvalue weighted by Gasteiger charge is -2.33. The van der Waals surface area contributed by atoms with Crippen molar-refractivity contribution in [2.24, 2.45) is 11.8 Å². The van der Waals surface area contributed by atoms with Crippen molar-refractivity contribution in [1.82, 2.24) is 15.6 Å². The molecule has 1 aromatic heterocycles. The average molecular weight is 466 g/mol. The Hall–Kier alpha value is -3.13. The lowest BCUT2D eigenvalue weighted by molar-refractivity contribution is -0.126. The zero-order valence-electron chi connectivity index (χ0n) is 20.1. The molecule has 3 heterocycles. The summed E-state index contributed by atoms with van der Waals surface area (Å²) in [6.45, 7) is 8.63. The van der Waals surface area contributed by atoms with Crippen molar-refractivity contribution in [2.75, 3.05) is 43.1 Å². The molecule has 2 fully saturated rings. The molecule has 2 aliphatic rings. The maximum absolute atomic E-state index is 12.2. The number of ether oxygens (including phenoxy) is 1. The van der Waals surface area contributed by atoms with Crippen molar-refractivity contribution in [3.8, 4) is 0 Å². The summed E-state index contributed by atoms with van der Waals surface area (Å²) < 4.78 is 5.59. The Bertz CT molecular complexity index is 986. The molecule has 1 unspecified atom stereocenters. The molecule has 0 saturated carbocycles. The van der Waals surface area contributed by atoms with Gasteiger partial charge in [-0.1, -0.05) is 12.1 Å². The minimum absolute atomic E-state index is 0.0597. The summed E-state index contributed by atoms with van der Waals surface area (Å²) in [6.07, 6.45) is 2.56.